The minimum atomic E-state index is -0.366. The molecule has 0 radical (unpaired) electrons. The quantitative estimate of drug-likeness (QED) is 0.855. The second-order valence-electron chi connectivity index (χ2n) is 4.66. The molecule has 2 N–H and O–H groups in total. The van der Waals surface area contributed by atoms with Crippen LogP contribution in [-0.4, -0.2) is 11.5 Å². The van der Waals surface area contributed by atoms with Crippen molar-refractivity contribution < 1.29 is 8.78 Å². The molecular weight excluding hydrogens is 290 g/mol. The number of rotatable bonds is 5. The molecule has 2 nitrogen and oxygen atoms in total. The number of nitrogens with two attached hydrogens (primary N) is 1. The van der Waals surface area contributed by atoms with Gasteiger partial charge in [0.2, 0.25) is 0 Å². The van der Waals surface area contributed by atoms with Crippen LogP contribution in [0, 0.1) is 11.6 Å². The molecule has 0 amide bonds. The van der Waals surface area contributed by atoms with Gasteiger partial charge in [-0.3, -0.25) is 0 Å². The Hall–Kier alpha value is -2.01. The number of nitrogens with zero attached hydrogens (tertiary/aromatic N) is 1. The number of hydrogen-bond donors (Lipinski definition) is 1. The molecule has 0 bridgehead atoms. The minimum absolute atomic E-state index is 0.165. The van der Waals surface area contributed by atoms with Crippen molar-refractivity contribution in [3.05, 3.63) is 65.2 Å². The molecule has 0 heterocycles. The average molecular weight is 306 g/mol. The third-order valence-corrected chi connectivity index (χ3v) is 3.49. The van der Waals surface area contributed by atoms with Crippen LogP contribution in [0.5, 0.6) is 0 Å². The summed E-state index contributed by atoms with van der Waals surface area (Å²) in [5, 5.41) is 0. The predicted molar refractivity (Wildman–Crippen MR) is 85.4 cm³/mol. The van der Waals surface area contributed by atoms with Crippen LogP contribution in [0.15, 0.2) is 42.5 Å². The zero-order valence-corrected chi connectivity index (χ0v) is 12.5. The molecule has 0 atom stereocenters. The lowest BCUT2D eigenvalue weighted by molar-refractivity contribution is 0.604. The van der Waals surface area contributed by atoms with Gasteiger partial charge in [-0.15, -0.1) is 0 Å². The second kappa shape index (κ2) is 6.63. The first-order valence-electron chi connectivity index (χ1n) is 6.60. The molecule has 0 aliphatic carbocycles. The van der Waals surface area contributed by atoms with Gasteiger partial charge in [0.05, 0.1) is 0 Å². The Kier molecular flexibility index (Phi) is 4.85. The first-order chi connectivity index (χ1) is 10.0. The monoisotopic (exact) mass is 306 g/mol. The summed E-state index contributed by atoms with van der Waals surface area (Å²) in [6, 6.07) is 10.9. The van der Waals surface area contributed by atoms with E-state index in [-0.39, 0.29) is 16.6 Å². The lowest BCUT2D eigenvalue weighted by Crippen LogP contribution is -2.23. The molecule has 2 rings (SSSR count). The summed E-state index contributed by atoms with van der Waals surface area (Å²) in [5.74, 6) is -0.676. The van der Waals surface area contributed by atoms with Crippen molar-refractivity contribution in [3.63, 3.8) is 0 Å². The van der Waals surface area contributed by atoms with Crippen molar-refractivity contribution in [1.29, 1.82) is 0 Å². The molecule has 0 aromatic heterocycles. The largest absolute Gasteiger partial charge is 0.389 e. The van der Waals surface area contributed by atoms with E-state index in [0.29, 0.717) is 24.2 Å². The first-order valence-corrected chi connectivity index (χ1v) is 7.01. The summed E-state index contributed by atoms with van der Waals surface area (Å²) < 4.78 is 27.4. The van der Waals surface area contributed by atoms with Crippen LogP contribution >= 0.6 is 12.2 Å². The summed E-state index contributed by atoms with van der Waals surface area (Å²) >= 11 is 4.83. The minimum Gasteiger partial charge on any atom is -0.389 e. The van der Waals surface area contributed by atoms with Gasteiger partial charge in [-0.2, -0.15) is 0 Å². The number of thiocarbonyl (C=S) groups is 1. The van der Waals surface area contributed by atoms with E-state index in [1.54, 1.807) is 24.3 Å². The van der Waals surface area contributed by atoms with Crippen LogP contribution in [0.4, 0.5) is 14.5 Å². The van der Waals surface area contributed by atoms with Gasteiger partial charge in [0.1, 0.15) is 16.6 Å². The highest BCUT2D eigenvalue weighted by atomic mass is 32.1. The molecule has 0 saturated heterocycles. The highest BCUT2D eigenvalue weighted by molar-refractivity contribution is 7.80. The number of benzene rings is 2. The Morgan fingerprint density at radius 1 is 1.19 bits per heavy atom. The Balaban J connectivity index is 2.25. The van der Waals surface area contributed by atoms with Crippen molar-refractivity contribution >= 4 is 22.9 Å². The van der Waals surface area contributed by atoms with Gasteiger partial charge in [0.25, 0.3) is 0 Å². The van der Waals surface area contributed by atoms with Crippen molar-refractivity contribution in [2.45, 2.75) is 13.5 Å². The van der Waals surface area contributed by atoms with Crippen LogP contribution in [0.2, 0.25) is 0 Å². The fraction of sp³-hybridized carbons (Fsp3) is 0.188. The molecule has 2 aromatic carbocycles. The van der Waals surface area contributed by atoms with E-state index in [2.05, 4.69) is 0 Å². The molecule has 2 aromatic rings. The standard InChI is InChI=1S/C16H16F2N2S/c1-2-20(14-5-3-4-13(17)9-14)10-12-7-6-11(16(19)21)8-15(12)18/h3-9H,2,10H2,1H3,(H2,19,21). The molecule has 0 unspecified atom stereocenters. The van der Waals surface area contributed by atoms with E-state index in [4.69, 9.17) is 18.0 Å². The van der Waals surface area contributed by atoms with Crippen LogP contribution in [0.25, 0.3) is 0 Å². The maximum atomic E-state index is 14.1. The number of halogens is 2. The zero-order valence-electron chi connectivity index (χ0n) is 11.6. The van der Waals surface area contributed by atoms with E-state index < -0.39 is 0 Å². The average Bonchev–Trinajstić information content (AvgIpc) is 2.45. The number of anilines is 1. The maximum Gasteiger partial charge on any atom is 0.128 e. The van der Waals surface area contributed by atoms with Crippen LogP contribution in [-0.2, 0) is 6.54 Å². The van der Waals surface area contributed by atoms with E-state index in [0.717, 1.165) is 5.69 Å². The third-order valence-electron chi connectivity index (χ3n) is 3.25. The molecular formula is C16H16F2N2S. The van der Waals surface area contributed by atoms with Crippen LogP contribution < -0.4 is 10.6 Å². The summed E-state index contributed by atoms with van der Waals surface area (Å²) in [7, 11) is 0. The number of hydrogen-bond acceptors (Lipinski definition) is 2. The van der Waals surface area contributed by atoms with E-state index in [1.165, 1.54) is 18.2 Å². The second-order valence-corrected chi connectivity index (χ2v) is 5.10. The highest BCUT2D eigenvalue weighted by Gasteiger charge is 2.11. The lowest BCUT2D eigenvalue weighted by Gasteiger charge is -2.23. The van der Waals surface area contributed by atoms with Crippen molar-refractivity contribution in [2.24, 2.45) is 5.73 Å². The van der Waals surface area contributed by atoms with E-state index in [9.17, 15) is 8.78 Å². The summed E-state index contributed by atoms with van der Waals surface area (Å²) in [4.78, 5) is 2.06. The molecule has 21 heavy (non-hydrogen) atoms. The van der Waals surface area contributed by atoms with E-state index in [1.807, 2.05) is 11.8 Å². The summed E-state index contributed by atoms with van der Waals surface area (Å²) in [6.07, 6.45) is 0. The van der Waals surface area contributed by atoms with Crippen molar-refractivity contribution in [3.8, 4) is 0 Å². The molecule has 0 aliphatic rings. The van der Waals surface area contributed by atoms with Gasteiger partial charge < -0.3 is 10.6 Å². The Bertz CT molecular complexity index is 658. The molecule has 5 heteroatoms. The fourth-order valence-electron chi connectivity index (χ4n) is 2.09. The molecule has 0 saturated carbocycles. The Labute approximate surface area is 128 Å². The normalized spacial score (nSPS) is 10.4. The van der Waals surface area contributed by atoms with Crippen molar-refractivity contribution in [2.75, 3.05) is 11.4 Å². The van der Waals surface area contributed by atoms with Gasteiger partial charge in [-0.1, -0.05) is 30.4 Å². The lowest BCUT2D eigenvalue weighted by atomic mass is 10.1. The molecule has 0 aliphatic heterocycles. The maximum absolute atomic E-state index is 14.1. The van der Waals surface area contributed by atoms with E-state index >= 15 is 0 Å². The SMILES string of the molecule is CCN(Cc1ccc(C(N)=S)cc1F)c1cccc(F)c1. The topological polar surface area (TPSA) is 29.3 Å². The van der Waals surface area contributed by atoms with Gasteiger partial charge in [0, 0.05) is 29.9 Å². The highest BCUT2D eigenvalue weighted by Crippen LogP contribution is 2.20. The smallest absolute Gasteiger partial charge is 0.128 e. The van der Waals surface area contributed by atoms with Crippen LogP contribution in [0.3, 0.4) is 0 Å². The Morgan fingerprint density at radius 3 is 2.52 bits per heavy atom. The zero-order chi connectivity index (χ0) is 15.4. The summed E-state index contributed by atoms with van der Waals surface area (Å²) in [6.45, 7) is 2.93. The first kappa shape index (κ1) is 15.4. The Morgan fingerprint density at radius 2 is 1.95 bits per heavy atom. The molecule has 110 valence electrons. The van der Waals surface area contributed by atoms with Crippen LogP contribution in [0.1, 0.15) is 18.1 Å². The summed E-state index contributed by atoms with van der Waals surface area (Å²) in [5.41, 5.74) is 7.21. The van der Waals surface area contributed by atoms with Gasteiger partial charge in [-0.05, 0) is 31.2 Å². The predicted octanol–water partition coefficient (Wildman–Crippen LogP) is 3.63. The fourth-order valence-corrected chi connectivity index (χ4v) is 2.22. The molecule has 0 spiro atoms. The van der Waals surface area contributed by atoms with Gasteiger partial charge in [0.15, 0.2) is 0 Å². The van der Waals surface area contributed by atoms with Crippen molar-refractivity contribution in [1.82, 2.24) is 0 Å². The van der Waals surface area contributed by atoms with Gasteiger partial charge >= 0.3 is 0 Å². The third kappa shape index (κ3) is 3.76. The van der Waals surface area contributed by atoms with Gasteiger partial charge in [-0.25, -0.2) is 8.78 Å². The molecule has 0 fully saturated rings.